The van der Waals surface area contributed by atoms with Gasteiger partial charge in [-0.3, -0.25) is 4.72 Å². The summed E-state index contributed by atoms with van der Waals surface area (Å²) < 4.78 is 26.1. The molecule has 1 N–H and O–H groups in total. The van der Waals surface area contributed by atoms with Crippen LogP contribution in [0.25, 0.3) is 0 Å². The zero-order valence-electron chi connectivity index (χ0n) is 8.09. The number of sulfonamides is 1. The van der Waals surface area contributed by atoms with Gasteiger partial charge in [-0.2, -0.15) is 0 Å². The Morgan fingerprint density at radius 1 is 1.18 bits per heavy atom. The van der Waals surface area contributed by atoms with Crippen LogP contribution in [0.3, 0.4) is 0 Å². The quantitative estimate of drug-likeness (QED) is 0.946. The number of rotatable bonds is 3. The number of nitrogens with one attached hydrogen (secondary N) is 1. The molecule has 2 rings (SSSR count). The smallest absolute Gasteiger partial charge is 0.263 e. The van der Waals surface area contributed by atoms with E-state index in [-0.39, 0.29) is 14.5 Å². The molecule has 9 heteroatoms. The summed E-state index contributed by atoms with van der Waals surface area (Å²) in [4.78, 5) is 7.49. The minimum atomic E-state index is -3.69. The van der Waals surface area contributed by atoms with Crippen molar-refractivity contribution in [1.82, 2.24) is 9.97 Å². The Bertz CT molecular complexity index is 624. The number of aromatic nitrogens is 2. The summed E-state index contributed by atoms with van der Waals surface area (Å²) in [5.41, 5.74) is 0. The van der Waals surface area contributed by atoms with Crippen LogP contribution in [0.1, 0.15) is 0 Å². The molecule has 0 aliphatic heterocycles. The first-order valence-electron chi connectivity index (χ1n) is 4.23. The normalized spacial score (nSPS) is 11.4. The molecule has 0 amide bonds. The van der Waals surface area contributed by atoms with Gasteiger partial charge in [-0.1, -0.05) is 34.5 Å². The standard InChI is InChI=1S/C8H5Cl2N3O2S2/c9-5-1-2-6(11-3-5)13-17(14,15)7-4-12-8(10)16-7/h1-4H,(H,11,13). The fourth-order valence-corrected chi connectivity index (χ4v) is 3.40. The molecule has 2 aromatic heterocycles. The summed E-state index contributed by atoms with van der Waals surface area (Å²) >= 11 is 12.1. The lowest BCUT2D eigenvalue weighted by atomic mass is 10.5. The number of halogens is 2. The summed E-state index contributed by atoms with van der Waals surface area (Å²) in [5, 5.41) is 0.425. The zero-order valence-corrected chi connectivity index (χ0v) is 11.2. The van der Waals surface area contributed by atoms with Gasteiger partial charge in [-0.25, -0.2) is 18.4 Å². The first-order valence-corrected chi connectivity index (χ1v) is 7.29. The molecule has 0 aromatic carbocycles. The molecule has 2 heterocycles. The number of thiazole rings is 1. The predicted molar refractivity (Wildman–Crippen MR) is 67.2 cm³/mol. The van der Waals surface area contributed by atoms with Crippen molar-refractivity contribution in [2.75, 3.05) is 4.72 Å². The molecule has 17 heavy (non-hydrogen) atoms. The lowest BCUT2D eigenvalue weighted by molar-refractivity contribution is 0.603. The Hall–Kier alpha value is -0.890. The van der Waals surface area contributed by atoms with Gasteiger partial charge in [0.25, 0.3) is 10.0 Å². The van der Waals surface area contributed by atoms with Crippen LogP contribution >= 0.6 is 34.5 Å². The number of hydrogen-bond donors (Lipinski definition) is 1. The van der Waals surface area contributed by atoms with Crippen LogP contribution in [-0.4, -0.2) is 18.4 Å². The van der Waals surface area contributed by atoms with E-state index in [0.29, 0.717) is 5.02 Å². The molecule has 0 spiro atoms. The third kappa shape index (κ3) is 3.06. The van der Waals surface area contributed by atoms with E-state index in [1.54, 1.807) is 0 Å². The summed E-state index contributed by atoms with van der Waals surface area (Å²) in [7, 11) is -3.69. The van der Waals surface area contributed by atoms with Crippen LogP contribution in [0.4, 0.5) is 5.82 Å². The molecule has 0 aliphatic carbocycles. The highest BCUT2D eigenvalue weighted by Gasteiger charge is 2.18. The van der Waals surface area contributed by atoms with Crippen molar-refractivity contribution in [3.05, 3.63) is 34.0 Å². The van der Waals surface area contributed by atoms with Crippen molar-refractivity contribution >= 4 is 50.4 Å². The minimum Gasteiger partial charge on any atom is -0.263 e. The molecule has 0 radical (unpaired) electrons. The second-order valence-electron chi connectivity index (χ2n) is 2.90. The van der Waals surface area contributed by atoms with Gasteiger partial charge in [0.2, 0.25) is 0 Å². The van der Waals surface area contributed by atoms with E-state index in [1.807, 2.05) is 0 Å². The fraction of sp³-hybridized carbons (Fsp3) is 0. The molecule has 2 aromatic rings. The van der Waals surface area contributed by atoms with Crippen LogP contribution in [0.2, 0.25) is 9.49 Å². The molecule has 0 unspecified atom stereocenters. The molecular formula is C8H5Cl2N3O2S2. The van der Waals surface area contributed by atoms with E-state index in [9.17, 15) is 8.42 Å². The van der Waals surface area contributed by atoms with Crippen LogP contribution in [0, 0.1) is 0 Å². The van der Waals surface area contributed by atoms with E-state index >= 15 is 0 Å². The second-order valence-corrected chi connectivity index (χ2v) is 6.86. The Kier molecular flexibility index (Phi) is 3.53. The highest BCUT2D eigenvalue weighted by Crippen LogP contribution is 2.24. The Morgan fingerprint density at radius 2 is 1.94 bits per heavy atom. The van der Waals surface area contributed by atoms with Crippen LogP contribution in [0.5, 0.6) is 0 Å². The Labute approximate surface area is 111 Å². The van der Waals surface area contributed by atoms with E-state index in [2.05, 4.69) is 14.7 Å². The van der Waals surface area contributed by atoms with E-state index in [1.165, 1.54) is 24.5 Å². The fourth-order valence-electron chi connectivity index (χ4n) is 0.988. The maximum absolute atomic E-state index is 11.8. The summed E-state index contributed by atoms with van der Waals surface area (Å²) in [6, 6.07) is 2.99. The molecule has 0 saturated heterocycles. The molecule has 0 aliphatic rings. The van der Waals surface area contributed by atoms with Crippen LogP contribution in [0.15, 0.2) is 28.7 Å². The highest BCUT2D eigenvalue weighted by atomic mass is 35.5. The second kappa shape index (κ2) is 4.77. The maximum Gasteiger partial charge on any atom is 0.274 e. The molecular weight excluding hydrogens is 305 g/mol. The lowest BCUT2D eigenvalue weighted by Crippen LogP contribution is -2.12. The van der Waals surface area contributed by atoms with Gasteiger partial charge >= 0.3 is 0 Å². The van der Waals surface area contributed by atoms with Crippen molar-refractivity contribution in [2.24, 2.45) is 0 Å². The van der Waals surface area contributed by atoms with E-state index in [0.717, 1.165) is 11.3 Å². The average Bonchev–Trinajstić information content (AvgIpc) is 2.69. The van der Waals surface area contributed by atoms with Gasteiger partial charge in [0.05, 0.1) is 11.2 Å². The molecule has 0 atom stereocenters. The molecule has 0 fully saturated rings. The van der Waals surface area contributed by atoms with E-state index in [4.69, 9.17) is 23.2 Å². The van der Waals surface area contributed by atoms with Gasteiger partial charge in [0.1, 0.15) is 5.82 Å². The highest BCUT2D eigenvalue weighted by molar-refractivity contribution is 7.94. The third-order valence-corrected chi connectivity index (χ3v) is 4.84. The molecule has 0 saturated carbocycles. The van der Waals surface area contributed by atoms with Gasteiger partial charge in [-0.15, -0.1) is 0 Å². The monoisotopic (exact) mass is 309 g/mol. The SMILES string of the molecule is O=S(=O)(Nc1ccc(Cl)cn1)c1cnc(Cl)s1. The van der Waals surface area contributed by atoms with Gasteiger partial charge in [0, 0.05) is 6.20 Å². The zero-order chi connectivity index (χ0) is 12.5. The summed E-state index contributed by atoms with van der Waals surface area (Å²) in [5.74, 6) is 0.180. The maximum atomic E-state index is 11.8. The van der Waals surface area contributed by atoms with Crippen molar-refractivity contribution in [3.63, 3.8) is 0 Å². The number of anilines is 1. The third-order valence-electron chi connectivity index (χ3n) is 1.69. The van der Waals surface area contributed by atoms with Gasteiger partial charge < -0.3 is 0 Å². The predicted octanol–water partition coefficient (Wildman–Crippen LogP) is 2.65. The topological polar surface area (TPSA) is 72.0 Å². The Morgan fingerprint density at radius 3 is 2.47 bits per heavy atom. The first-order chi connectivity index (χ1) is 7.97. The van der Waals surface area contributed by atoms with Crippen molar-refractivity contribution in [2.45, 2.75) is 4.21 Å². The van der Waals surface area contributed by atoms with Crippen molar-refractivity contribution in [1.29, 1.82) is 0 Å². The van der Waals surface area contributed by atoms with Crippen LogP contribution < -0.4 is 4.72 Å². The summed E-state index contributed by atoms with van der Waals surface area (Å²) in [6.07, 6.45) is 2.53. The minimum absolute atomic E-state index is 0.0271. The first kappa shape index (κ1) is 12.6. The van der Waals surface area contributed by atoms with Crippen molar-refractivity contribution in [3.8, 4) is 0 Å². The molecule has 5 nitrogen and oxygen atoms in total. The van der Waals surface area contributed by atoms with Gasteiger partial charge in [-0.05, 0) is 12.1 Å². The molecule has 90 valence electrons. The lowest BCUT2D eigenvalue weighted by Gasteiger charge is -2.04. The van der Waals surface area contributed by atoms with Gasteiger partial charge in [0.15, 0.2) is 8.68 Å². The van der Waals surface area contributed by atoms with Crippen molar-refractivity contribution < 1.29 is 8.42 Å². The summed E-state index contributed by atoms with van der Waals surface area (Å²) in [6.45, 7) is 0. The Balaban J connectivity index is 2.26. The number of nitrogens with zero attached hydrogens (tertiary/aromatic N) is 2. The number of pyridine rings is 1. The average molecular weight is 310 g/mol. The largest absolute Gasteiger partial charge is 0.274 e. The number of hydrogen-bond acceptors (Lipinski definition) is 5. The van der Waals surface area contributed by atoms with E-state index < -0.39 is 10.0 Å². The molecule has 0 bridgehead atoms. The van der Waals surface area contributed by atoms with Crippen LogP contribution in [-0.2, 0) is 10.0 Å².